The first kappa shape index (κ1) is 17.0. The average molecular weight is 341 g/mol. The standard InChI is InChI=1S/C17H22F3N3O/c18-17(19,20)13-6-3-5-12(11-13)16(24)22-14-7-4-8-21-15(14)23-9-1-2-10-23/h4,7-8,12-13H,1-3,5-6,9-11H2,(H,22,24)/t12-,13-/m0/s1. The fourth-order valence-corrected chi connectivity index (χ4v) is 3.64. The van der Waals surface area contributed by atoms with E-state index >= 15 is 0 Å². The van der Waals surface area contributed by atoms with Crippen LogP contribution in [-0.2, 0) is 4.79 Å². The van der Waals surface area contributed by atoms with Gasteiger partial charge in [0.25, 0.3) is 0 Å². The molecule has 0 aromatic carbocycles. The summed E-state index contributed by atoms with van der Waals surface area (Å²) in [4.78, 5) is 18.9. The summed E-state index contributed by atoms with van der Waals surface area (Å²) in [7, 11) is 0. The molecule has 1 saturated carbocycles. The maximum absolute atomic E-state index is 12.9. The fraction of sp³-hybridized carbons (Fsp3) is 0.647. The van der Waals surface area contributed by atoms with E-state index in [4.69, 9.17) is 0 Å². The minimum Gasteiger partial charge on any atom is -0.355 e. The highest BCUT2D eigenvalue weighted by Gasteiger charge is 2.43. The molecule has 2 atom stereocenters. The van der Waals surface area contributed by atoms with Gasteiger partial charge in [0.15, 0.2) is 5.82 Å². The second-order valence-electron chi connectivity index (χ2n) is 6.66. The second kappa shape index (κ2) is 6.99. The van der Waals surface area contributed by atoms with Gasteiger partial charge in [-0.3, -0.25) is 4.79 Å². The minimum absolute atomic E-state index is 0.116. The number of anilines is 2. The number of amides is 1. The Labute approximate surface area is 139 Å². The van der Waals surface area contributed by atoms with Crippen LogP contribution in [0.15, 0.2) is 18.3 Å². The van der Waals surface area contributed by atoms with E-state index in [1.54, 1.807) is 18.3 Å². The number of carbonyl (C=O) groups is 1. The normalized spacial score (nSPS) is 24.9. The van der Waals surface area contributed by atoms with Gasteiger partial charge in [-0.15, -0.1) is 0 Å². The van der Waals surface area contributed by atoms with Crippen LogP contribution in [0.3, 0.4) is 0 Å². The lowest BCUT2D eigenvalue weighted by atomic mass is 9.80. The predicted octanol–water partition coefficient (Wildman–Crippen LogP) is 3.99. The SMILES string of the molecule is O=C(Nc1cccnc1N1CCCC1)[C@H]1CCC[C@H](C(F)(F)F)C1. The third kappa shape index (κ3) is 3.82. The zero-order chi connectivity index (χ0) is 17.2. The summed E-state index contributed by atoms with van der Waals surface area (Å²) in [5.41, 5.74) is 0.596. The third-order valence-corrected chi connectivity index (χ3v) is 4.96. The van der Waals surface area contributed by atoms with Crippen molar-refractivity contribution in [2.75, 3.05) is 23.3 Å². The van der Waals surface area contributed by atoms with Gasteiger partial charge in [0, 0.05) is 25.2 Å². The number of nitrogens with one attached hydrogen (secondary N) is 1. The van der Waals surface area contributed by atoms with Crippen molar-refractivity contribution < 1.29 is 18.0 Å². The highest BCUT2D eigenvalue weighted by molar-refractivity contribution is 5.95. The molecule has 2 heterocycles. The summed E-state index contributed by atoms with van der Waals surface area (Å²) in [5, 5.41) is 2.82. The Balaban J connectivity index is 1.69. The van der Waals surface area contributed by atoms with E-state index in [0.717, 1.165) is 25.9 Å². The molecular formula is C17H22F3N3O. The predicted molar refractivity (Wildman–Crippen MR) is 85.8 cm³/mol. The molecule has 2 aliphatic rings. The Morgan fingerprint density at radius 1 is 1.21 bits per heavy atom. The molecule has 0 radical (unpaired) electrons. The first-order valence-corrected chi connectivity index (χ1v) is 8.52. The summed E-state index contributed by atoms with van der Waals surface area (Å²) in [6, 6.07) is 3.50. The Morgan fingerprint density at radius 3 is 2.67 bits per heavy atom. The van der Waals surface area contributed by atoms with Crippen LogP contribution >= 0.6 is 0 Å². The van der Waals surface area contributed by atoms with Gasteiger partial charge in [-0.2, -0.15) is 13.2 Å². The first-order valence-electron chi connectivity index (χ1n) is 8.52. The van der Waals surface area contributed by atoms with Crippen molar-refractivity contribution in [3.8, 4) is 0 Å². The van der Waals surface area contributed by atoms with Crippen molar-refractivity contribution in [1.29, 1.82) is 0 Å². The van der Waals surface area contributed by atoms with E-state index in [-0.39, 0.29) is 18.7 Å². The second-order valence-corrected chi connectivity index (χ2v) is 6.66. The lowest BCUT2D eigenvalue weighted by Gasteiger charge is -2.30. The van der Waals surface area contributed by atoms with Crippen LogP contribution in [0.4, 0.5) is 24.7 Å². The number of pyridine rings is 1. The molecule has 24 heavy (non-hydrogen) atoms. The monoisotopic (exact) mass is 341 g/mol. The van der Waals surface area contributed by atoms with Crippen LogP contribution in [0, 0.1) is 11.8 Å². The van der Waals surface area contributed by atoms with Gasteiger partial charge in [0.05, 0.1) is 11.6 Å². The number of hydrogen-bond acceptors (Lipinski definition) is 3. The van der Waals surface area contributed by atoms with Crippen molar-refractivity contribution in [2.24, 2.45) is 11.8 Å². The number of hydrogen-bond donors (Lipinski definition) is 1. The molecule has 1 aliphatic heterocycles. The largest absolute Gasteiger partial charge is 0.391 e. The Hall–Kier alpha value is -1.79. The van der Waals surface area contributed by atoms with Gasteiger partial charge in [-0.05, 0) is 44.2 Å². The Kier molecular flexibility index (Phi) is 4.96. The van der Waals surface area contributed by atoms with Gasteiger partial charge in [0.2, 0.25) is 5.91 Å². The zero-order valence-corrected chi connectivity index (χ0v) is 13.5. The van der Waals surface area contributed by atoms with Crippen molar-refractivity contribution in [2.45, 2.75) is 44.7 Å². The quantitative estimate of drug-likeness (QED) is 0.904. The summed E-state index contributed by atoms with van der Waals surface area (Å²) >= 11 is 0. The summed E-state index contributed by atoms with van der Waals surface area (Å²) < 4.78 is 38.8. The highest BCUT2D eigenvalue weighted by atomic mass is 19.4. The Bertz CT molecular complexity index is 585. The molecule has 3 rings (SSSR count). The van der Waals surface area contributed by atoms with E-state index in [1.165, 1.54) is 0 Å². The summed E-state index contributed by atoms with van der Waals surface area (Å²) in [6.45, 7) is 1.78. The lowest BCUT2D eigenvalue weighted by molar-refractivity contribution is -0.185. The van der Waals surface area contributed by atoms with Crippen molar-refractivity contribution >= 4 is 17.4 Å². The van der Waals surface area contributed by atoms with Crippen molar-refractivity contribution in [1.82, 2.24) is 4.98 Å². The topological polar surface area (TPSA) is 45.2 Å². The molecular weight excluding hydrogens is 319 g/mol. The molecule has 2 fully saturated rings. The molecule has 0 spiro atoms. The fourth-order valence-electron chi connectivity index (χ4n) is 3.64. The van der Waals surface area contributed by atoms with Gasteiger partial charge in [-0.25, -0.2) is 4.98 Å². The van der Waals surface area contributed by atoms with Gasteiger partial charge in [-0.1, -0.05) is 6.42 Å². The minimum atomic E-state index is -4.21. The number of aromatic nitrogens is 1. The summed E-state index contributed by atoms with van der Waals surface area (Å²) in [5.74, 6) is -1.56. The molecule has 1 aliphatic carbocycles. The third-order valence-electron chi connectivity index (χ3n) is 4.96. The van der Waals surface area contributed by atoms with Crippen LogP contribution in [-0.4, -0.2) is 30.2 Å². The zero-order valence-electron chi connectivity index (χ0n) is 13.5. The number of nitrogens with zero attached hydrogens (tertiary/aromatic N) is 2. The van der Waals surface area contributed by atoms with Gasteiger partial charge >= 0.3 is 6.18 Å². The molecule has 1 aromatic heterocycles. The molecule has 4 nitrogen and oxygen atoms in total. The van der Waals surface area contributed by atoms with E-state index in [1.807, 2.05) is 0 Å². The molecule has 1 N–H and O–H groups in total. The van der Waals surface area contributed by atoms with Gasteiger partial charge in [0.1, 0.15) is 0 Å². The van der Waals surface area contributed by atoms with E-state index in [0.29, 0.717) is 24.3 Å². The van der Waals surface area contributed by atoms with Crippen LogP contribution in [0.2, 0.25) is 0 Å². The number of halogens is 3. The molecule has 7 heteroatoms. The number of alkyl halides is 3. The van der Waals surface area contributed by atoms with E-state index < -0.39 is 18.0 Å². The van der Waals surface area contributed by atoms with Crippen LogP contribution in [0.5, 0.6) is 0 Å². The molecule has 132 valence electrons. The average Bonchev–Trinajstić information content (AvgIpc) is 3.09. The van der Waals surface area contributed by atoms with E-state index in [9.17, 15) is 18.0 Å². The van der Waals surface area contributed by atoms with Gasteiger partial charge < -0.3 is 10.2 Å². The van der Waals surface area contributed by atoms with Crippen LogP contribution < -0.4 is 10.2 Å². The smallest absolute Gasteiger partial charge is 0.355 e. The van der Waals surface area contributed by atoms with Crippen LogP contribution in [0.1, 0.15) is 38.5 Å². The maximum atomic E-state index is 12.9. The molecule has 1 aromatic rings. The highest BCUT2D eigenvalue weighted by Crippen LogP contribution is 2.40. The molecule has 1 amide bonds. The lowest BCUT2D eigenvalue weighted by Crippen LogP contribution is -2.34. The van der Waals surface area contributed by atoms with Crippen LogP contribution in [0.25, 0.3) is 0 Å². The number of rotatable bonds is 3. The van der Waals surface area contributed by atoms with E-state index in [2.05, 4.69) is 15.2 Å². The molecule has 0 unspecified atom stereocenters. The Morgan fingerprint density at radius 2 is 1.96 bits per heavy atom. The van der Waals surface area contributed by atoms with Crippen molar-refractivity contribution in [3.63, 3.8) is 0 Å². The maximum Gasteiger partial charge on any atom is 0.391 e. The van der Waals surface area contributed by atoms with Crippen molar-refractivity contribution in [3.05, 3.63) is 18.3 Å². The summed E-state index contributed by atoms with van der Waals surface area (Å²) in [6.07, 6.45) is 0.580. The molecule has 1 saturated heterocycles. The number of carbonyl (C=O) groups excluding carboxylic acids is 1. The molecule has 0 bridgehead atoms. The first-order chi connectivity index (χ1) is 11.4.